The van der Waals surface area contributed by atoms with Crippen molar-refractivity contribution in [2.45, 2.75) is 6.54 Å². The number of hydrogen-bond acceptors (Lipinski definition) is 4. The minimum Gasteiger partial charge on any atom is -0.399 e. The van der Waals surface area contributed by atoms with Gasteiger partial charge in [0.2, 0.25) is 0 Å². The molecule has 0 fully saturated rings. The molecule has 0 spiro atoms. The molecule has 2 aromatic rings. The Labute approximate surface area is 118 Å². The van der Waals surface area contributed by atoms with E-state index < -0.39 is 0 Å². The van der Waals surface area contributed by atoms with Gasteiger partial charge in [-0.25, -0.2) is 4.98 Å². The van der Waals surface area contributed by atoms with Gasteiger partial charge in [0.25, 0.3) is 5.91 Å². The molecule has 6 heteroatoms. The highest BCUT2D eigenvalue weighted by Crippen LogP contribution is 2.23. The van der Waals surface area contributed by atoms with Gasteiger partial charge in [-0.3, -0.25) is 4.79 Å². The highest BCUT2D eigenvalue weighted by atomic mass is 16.1. The van der Waals surface area contributed by atoms with Gasteiger partial charge in [0, 0.05) is 39.2 Å². The third-order valence-corrected chi connectivity index (χ3v) is 3.20. The molecule has 1 aromatic carbocycles. The molecule has 0 bridgehead atoms. The van der Waals surface area contributed by atoms with Crippen molar-refractivity contribution in [1.29, 1.82) is 0 Å². The summed E-state index contributed by atoms with van der Waals surface area (Å²) in [5, 5.41) is 2.64. The molecule has 1 heterocycles. The number of carbonyl (C=O) groups is 1. The van der Waals surface area contributed by atoms with Crippen molar-refractivity contribution in [3.63, 3.8) is 0 Å². The standard InChI is InChI=1S/C14H19N5O/c1-16-14(20)11-5-4-10(15)8-12(11)19(3)9-13-17-6-7-18(13)2/h4-8H,9,15H2,1-3H3,(H,16,20). The molecule has 0 saturated carbocycles. The summed E-state index contributed by atoms with van der Waals surface area (Å²) >= 11 is 0. The van der Waals surface area contributed by atoms with Crippen LogP contribution in [0.15, 0.2) is 30.6 Å². The molecule has 0 aliphatic heterocycles. The number of aryl methyl sites for hydroxylation is 1. The summed E-state index contributed by atoms with van der Waals surface area (Å²) in [5.74, 6) is 0.782. The second kappa shape index (κ2) is 5.64. The van der Waals surface area contributed by atoms with Crippen LogP contribution in [0.1, 0.15) is 16.2 Å². The summed E-state index contributed by atoms with van der Waals surface area (Å²) in [5.41, 5.74) is 7.84. The molecule has 0 radical (unpaired) electrons. The zero-order chi connectivity index (χ0) is 14.7. The van der Waals surface area contributed by atoms with Gasteiger partial charge < -0.3 is 20.5 Å². The van der Waals surface area contributed by atoms with E-state index in [1.54, 1.807) is 31.4 Å². The number of rotatable bonds is 4. The molecule has 0 aliphatic rings. The van der Waals surface area contributed by atoms with E-state index in [-0.39, 0.29) is 5.91 Å². The summed E-state index contributed by atoms with van der Waals surface area (Å²) in [4.78, 5) is 18.2. The van der Waals surface area contributed by atoms with E-state index >= 15 is 0 Å². The number of aromatic nitrogens is 2. The maximum atomic E-state index is 11.9. The summed E-state index contributed by atoms with van der Waals surface area (Å²) in [7, 11) is 5.46. The van der Waals surface area contributed by atoms with Gasteiger partial charge in [-0.2, -0.15) is 0 Å². The quantitative estimate of drug-likeness (QED) is 0.815. The maximum Gasteiger partial charge on any atom is 0.253 e. The SMILES string of the molecule is CNC(=O)c1ccc(N)cc1N(C)Cc1nccn1C. The summed E-state index contributed by atoms with van der Waals surface area (Å²) in [6.45, 7) is 0.594. The lowest BCUT2D eigenvalue weighted by molar-refractivity contribution is 0.0963. The van der Waals surface area contributed by atoms with Crippen LogP contribution in [0, 0.1) is 0 Å². The van der Waals surface area contributed by atoms with Gasteiger partial charge in [-0.05, 0) is 18.2 Å². The average molecular weight is 273 g/mol. The van der Waals surface area contributed by atoms with Gasteiger partial charge in [0.15, 0.2) is 0 Å². The molecule has 3 N–H and O–H groups in total. The van der Waals surface area contributed by atoms with Gasteiger partial charge in [0.05, 0.1) is 17.8 Å². The lowest BCUT2D eigenvalue weighted by Crippen LogP contribution is -2.25. The van der Waals surface area contributed by atoms with Crippen LogP contribution < -0.4 is 16.0 Å². The second-order valence-corrected chi connectivity index (χ2v) is 4.67. The molecule has 106 valence electrons. The number of imidazole rings is 1. The number of nitrogens with one attached hydrogen (secondary N) is 1. The maximum absolute atomic E-state index is 11.9. The number of nitrogens with zero attached hydrogens (tertiary/aromatic N) is 3. The van der Waals surface area contributed by atoms with Crippen LogP contribution in [-0.2, 0) is 13.6 Å². The molecular weight excluding hydrogens is 254 g/mol. The van der Waals surface area contributed by atoms with E-state index in [4.69, 9.17) is 5.73 Å². The van der Waals surface area contributed by atoms with Crippen molar-refractivity contribution in [2.75, 3.05) is 24.7 Å². The Hall–Kier alpha value is -2.50. The van der Waals surface area contributed by atoms with Crippen molar-refractivity contribution in [3.8, 4) is 0 Å². The first-order valence-electron chi connectivity index (χ1n) is 6.32. The molecular formula is C14H19N5O. The number of nitrogens with two attached hydrogens (primary N) is 1. The number of amides is 1. The molecule has 1 aromatic heterocycles. The molecule has 2 rings (SSSR count). The molecule has 0 saturated heterocycles. The van der Waals surface area contributed by atoms with Gasteiger partial charge >= 0.3 is 0 Å². The van der Waals surface area contributed by atoms with Gasteiger partial charge in [-0.1, -0.05) is 0 Å². The largest absolute Gasteiger partial charge is 0.399 e. The minimum absolute atomic E-state index is 0.133. The first-order valence-corrected chi connectivity index (χ1v) is 6.32. The van der Waals surface area contributed by atoms with Gasteiger partial charge in [-0.15, -0.1) is 0 Å². The fraction of sp³-hybridized carbons (Fsp3) is 0.286. The van der Waals surface area contributed by atoms with Crippen molar-refractivity contribution in [2.24, 2.45) is 7.05 Å². The zero-order valence-electron chi connectivity index (χ0n) is 11.9. The summed E-state index contributed by atoms with van der Waals surface area (Å²) < 4.78 is 1.95. The molecule has 1 amide bonds. The highest BCUT2D eigenvalue weighted by molar-refractivity contribution is 6.00. The van der Waals surface area contributed by atoms with Crippen molar-refractivity contribution in [1.82, 2.24) is 14.9 Å². The number of benzene rings is 1. The smallest absolute Gasteiger partial charge is 0.253 e. The van der Waals surface area contributed by atoms with E-state index in [9.17, 15) is 4.79 Å². The third-order valence-electron chi connectivity index (χ3n) is 3.20. The number of nitrogen functional groups attached to an aromatic ring is 1. The molecule has 6 nitrogen and oxygen atoms in total. The molecule has 0 atom stereocenters. The number of carbonyl (C=O) groups excluding carboxylic acids is 1. The Bertz CT molecular complexity index is 620. The topological polar surface area (TPSA) is 76.2 Å². The highest BCUT2D eigenvalue weighted by Gasteiger charge is 2.15. The van der Waals surface area contributed by atoms with Crippen LogP contribution in [0.5, 0.6) is 0 Å². The first-order chi connectivity index (χ1) is 9.52. The van der Waals surface area contributed by atoms with E-state index in [2.05, 4.69) is 10.3 Å². The monoisotopic (exact) mass is 273 g/mol. The molecule has 20 heavy (non-hydrogen) atoms. The predicted octanol–water partition coefficient (Wildman–Crippen LogP) is 0.998. The lowest BCUT2D eigenvalue weighted by atomic mass is 10.1. The summed E-state index contributed by atoms with van der Waals surface area (Å²) in [6.07, 6.45) is 3.64. The van der Waals surface area contributed by atoms with Crippen molar-refractivity contribution >= 4 is 17.3 Å². The number of anilines is 2. The Balaban J connectivity index is 2.33. The van der Waals surface area contributed by atoms with Gasteiger partial charge in [0.1, 0.15) is 5.82 Å². The summed E-state index contributed by atoms with van der Waals surface area (Å²) in [6, 6.07) is 5.26. The van der Waals surface area contributed by atoms with Crippen LogP contribution in [0.3, 0.4) is 0 Å². The average Bonchev–Trinajstić information content (AvgIpc) is 2.83. The Kier molecular flexibility index (Phi) is 3.93. The van der Waals surface area contributed by atoms with Crippen LogP contribution in [0.4, 0.5) is 11.4 Å². The fourth-order valence-corrected chi connectivity index (χ4v) is 2.04. The molecule has 0 aliphatic carbocycles. The van der Waals surface area contributed by atoms with Crippen LogP contribution in [0.2, 0.25) is 0 Å². The third kappa shape index (κ3) is 2.74. The van der Waals surface area contributed by atoms with Crippen LogP contribution in [0.25, 0.3) is 0 Å². The predicted molar refractivity (Wildman–Crippen MR) is 79.6 cm³/mol. The van der Waals surface area contributed by atoms with Crippen molar-refractivity contribution < 1.29 is 4.79 Å². The Morgan fingerprint density at radius 2 is 2.25 bits per heavy atom. The lowest BCUT2D eigenvalue weighted by Gasteiger charge is -2.22. The van der Waals surface area contributed by atoms with Crippen LogP contribution >= 0.6 is 0 Å². The minimum atomic E-state index is -0.133. The first kappa shape index (κ1) is 13.9. The normalized spacial score (nSPS) is 10.3. The van der Waals surface area contributed by atoms with E-state index in [0.29, 0.717) is 17.8 Å². The second-order valence-electron chi connectivity index (χ2n) is 4.67. The van der Waals surface area contributed by atoms with E-state index in [0.717, 1.165) is 11.5 Å². The number of hydrogen-bond donors (Lipinski definition) is 2. The van der Waals surface area contributed by atoms with Crippen molar-refractivity contribution in [3.05, 3.63) is 42.0 Å². The van der Waals surface area contributed by atoms with Crippen LogP contribution in [-0.4, -0.2) is 29.6 Å². The Morgan fingerprint density at radius 1 is 1.50 bits per heavy atom. The van der Waals surface area contributed by atoms with E-state index in [1.807, 2.05) is 29.8 Å². The fourth-order valence-electron chi connectivity index (χ4n) is 2.04. The zero-order valence-corrected chi connectivity index (χ0v) is 11.9. The Morgan fingerprint density at radius 3 is 2.85 bits per heavy atom. The van der Waals surface area contributed by atoms with E-state index in [1.165, 1.54) is 0 Å². The molecule has 0 unspecified atom stereocenters.